The topological polar surface area (TPSA) is 55.2 Å². The first kappa shape index (κ1) is 12.9. The van der Waals surface area contributed by atoms with Gasteiger partial charge in [-0.2, -0.15) is 0 Å². The molecule has 0 spiro atoms. The van der Waals surface area contributed by atoms with Gasteiger partial charge in [0.25, 0.3) is 5.69 Å². The number of nitrogens with zero attached hydrogens (tertiary/aromatic N) is 1. The third-order valence-corrected chi connectivity index (χ3v) is 3.59. The Morgan fingerprint density at radius 3 is 2.56 bits per heavy atom. The Morgan fingerprint density at radius 1 is 1.39 bits per heavy atom. The fourth-order valence-electron chi connectivity index (χ4n) is 2.25. The molecule has 0 aromatic heterocycles. The van der Waals surface area contributed by atoms with Crippen molar-refractivity contribution in [2.75, 3.05) is 5.32 Å². The number of nitrogens with one attached hydrogen (secondary N) is 1. The van der Waals surface area contributed by atoms with Gasteiger partial charge in [0.1, 0.15) is 5.69 Å². The van der Waals surface area contributed by atoms with E-state index < -0.39 is 0 Å². The zero-order valence-electron chi connectivity index (χ0n) is 11.2. The minimum absolute atomic E-state index is 0.181. The molecule has 0 radical (unpaired) electrons. The van der Waals surface area contributed by atoms with Gasteiger partial charge in [-0.3, -0.25) is 10.1 Å². The molecule has 0 bridgehead atoms. The first-order valence-electron chi connectivity index (χ1n) is 6.49. The molecule has 0 aliphatic heterocycles. The van der Waals surface area contributed by atoms with Crippen molar-refractivity contribution in [3.63, 3.8) is 0 Å². The molecular weight excluding hydrogens is 228 g/mol. The van der Waals surface area contributed by atoms with Crippen LogP contribution in [0.5, 0.6) is 0 Å². The van der Waals surface area contributed by atoms with E-state index in [1.165, 1.54) is 12.8 Å². The van der Waals surface area contributed by atoms with Crippen LogP contribution in [0.15, 0.2) is 12.1 Å². The van der Waals surface area contributed by atoms with E-state index in [0.717, 1.165) is 23.5 Å². The number of hydrogen-bond donors (Lipinski definition) is 1. The van der Waals surface area contributed by atoms with Gasteiger partial charge in [0.05, 0.1) is 4.92 Å². The first-order chi connectivity index (χ1) is 8.47. The molecule has 1 N–H and O–H groups in total. The second kappa shape index (κ2) is 4.96. The monoisotopic (exact) mass is 248 g/mol. The van der Waals surface area contributed by atoms with E-state index in [2.05, 4.69) is 12.2 Å². The van der Waals surface area contributed by atoms with Crippen molar-refractivity contribution in [2.45, 2.75) is 46.1 Å². The van der Waals surface area contributed by atoms with Crippen LogP contribution >= 0.6 is 0 Å². The van der Waals surface area contributed by atoms with Crippen LogP contribution < -0.4 is 5.32 Å². The predicted octanol–water partition coefficient (Wildman–Crippen LogP) is 3.81. The Balaban J connectivity index is 2.18. The molecule has 1 aliphatic rings. The van der Waals surface area contributed by atoms with Gasteiger partial charge in [0.2, 0.25) is 0 Å². The predicted molar refractivity (Wildman–Crippen MR) is 73.0 cm³/mol. The van der Waals surface area contributed by atoms with E-state index in [1.54, 1.807) is 6.07 Å². The van der Waals surface area contributed by atoms with E-state index in [9.17, 15) is 10.1 Å². The molecule has 1 unspecified atom stereocenters. The molecule has 98 valence electrons. The standard InChI is InChI=1S/C14H20N2O2/c1-9-6-13(14(16(17)18)7-10(9)2)15-11(3)8-12-4-5-12/h6-7,11-12,15H,4-5,8H2,1-3H3. The van der Waals surface area contributed by atoms with Crippen molar-refractivity contribution >= 4 is 11.4 Å². The van der Waals surface area contributed by atoms with Gasteiger partial charge in [-0.05, 0) is 50.3 Å². The van der Waals surface area contributed by atoms with Gasteiger partial charge in [-0.15, -0.1) is 0 Å². The molecule has 0 heterocycles. The minimum Gasteiger partial charge on any atom is -0.377 e. The lowest BCUT2D eigenvalue weighted by atomic mass is 10.1. The Kier molecular flexibility index (Phi) is 3.55. The molecule has 1 saturated carbocycles. The van der Waals surface area contributed by atoms with Gasteiger partial charge in [-0.25, -0.2) is 0 Å². The molecule has 1 aromatic rings. The summed E-state index contributed by atoms with van der Waals surface area (Å²) < 4.78 is 0. The van der Waals surface area contributed by atoms with Crippen LogP contribution in [-0.4, -0.2) is 11.0 Å². The number of benzene rings is 1. The minimum atomic E-state index is -0.307. The third kappa shape index (κ3) is 3.00. The summed E-state index contributed by atoms with van der Waals surface area (Å²) in [6, 6.07) is 3.83. The number of hydrogen-bond acceptors (Lipinski definition) is 3. The molecule has 1 aliphatic carbocycles. The fraction of sp³-hybridized carbons (Fsp3) is 0.571. The summed E-state index contributed by atoms with van der Waals surface area (Å²) in [6.45, 7) is 5.98. The largest absolute Gasteiger partial charge is 0.377 e. The number of nitro groups is 1. The van der Waals surface area contributed by atoms with Gasteiger partial charge >= 0.3 is 0 Å². The molecule has 1 atom stereocenters. The maximum absolute atomic E-state index is 11.1. The maximum atomic E-state index is 11.1. The lowest BCUT2D eigenvalue weighted by molar-refractivity contribution is -0.384. The van der Waals surface area contributed by atoms with Gasteiger partial charge in [0.15, 0.2) is 0 Å². The van der Waals surface area contributed by atoms with Gasteiger partial charge in [0, 0.05) is 12.1 Å². The van der Waals surface area contributed by atoms with E-state index in [0.29, 0.717) is 11.7 Å². The highest BCUT2D eigenvalue weighted by Gasteiger charge is 2.25. The lowest BCUT2D eigenvalue weighted by Gasteiger charge is -2.16. The van der Waals surface area contributed by atoms with Crippen molar-refractivity contribution in [3.05, 3.63) is 33.4 Å². The molecule has 0 saturated heterocycles. The molecule has 1 aromatic carbocycles. The van der Waals surface area contributed by atoms with Crippen LogP contribution in [0.1, 0.15) is 37.3 Å². The fourth-order valence-corrected chi connectivity index (χ4v) is 2.25. The summed E-state index contributed by atoms with van der Waals surface area (Å²) >= 11 is 0. The van der Waals surface area contributed by atoms with Crippen molar-refractivity contribution in [2.24, 2.45) is 5.92 Å². The average molecular weight is 248 g/mol. The normalized spacial score (nSPS) is 16.4. The van der Waals surface area contributed by atoms with Gasteiger partial charge < -0.3 is 5.32 Å². The number of aryl methyl sites for hydroxylation is 2. The summed E-state index contributed by atoms with van der Waals surface area (Å²) in [5.74, 6) is 0.818. The molecule has 1 fully saturated rings. The van der Waals surface area contributed by atoms with Crippen molar-refractivity contribution in [1.29, 1.82) is 0 Å². The number of nitro benzene ring substituents is 1. The van der Waals surface area contributed by atoms with Crippen LogP contribution in [-0.2, 0) is 0 Å². The van der Waals surface area contributed by atoms with Crippen LogP contribution in [0.3, 0.4) is 0 Å². The van der Waals surface area contributed by atoms with Crippen LogP contribution in [0.2, 0.25) is 0 Å². The molecule has 0 amide bonds. The Morgan fingerprint density at radius 2 is 2.00 bits per heavy atom. The second-order valence-corrected chi connectivity index (χ2v) is 5.44. The zero-order valence-corrected chi connectivity index (χ0v) is 11.2. The van der Waals surface area contributed by atoms with Crippen LogP contribution in [0.4, 0.5) is 11.4 Å². The van der Waals surface area contributed by atoms with Crippen LogP contribution in [0.25, 0.3) is 0 Å². The Labute approximate surface area is 108 Å². The first-order valence-corrected chi connectivity index (χ1v) is 6.49. The maximum Gasteiger partial charge on any atom is 0.292 e. The number of anilines is 1. The molecule has 18 heavy (non-hydrogen) atoms. The number of rotatable bonds is 5. The molecule has 2 rings (SSSR count). The van der Waals surface area contributed by atoms with E-state index >= 15 is 0 Å². The van der Waals surface area contributed by atoms with Gasteiger partial charge in [-0.1, -0.05) is 12.8 Å². The summed E-state index contributed by atoms with van der Waals surface area (Å²) in [5.41, 5.74) is 2.88. The molecule has 4 nitrogen and oxygen atoms in total. The highest BCUT2D eigenvalue weighted by Crippen LogP contribution is 2.35. The van der Waals surface area contributed by atoms with Crippen molar-refractivity contribution in [1.82, 2.24) is 0 Å². The zero-order chi connectivity index (χ0) is 13.3. The quantitative estimate of drug-likeness (QED) is 0.636. The summed E-state index contributed by atoms with van der Waals surface area (Å²) in [6.07, 6.45) is 3.71. The van der Waals surface area contributed by atoms with Crippen molar-refractivity contribution < 1.29 is 4.92 Å². The Bertz CT molecular complexity index is 467. The SMILES string of the molecule is Cc1cc(NC(C)CC2CC2)c([N+](=O)[O-])cc1C. The summed E-state index contributed by atoms with van der Waals surface area (Å²) in [7, 11) is 0. The van der Waals surface area contributed by atoms with E-state index in [1.807, 2.05) is 19.9 Å². The highest BCUT2D eigenvalue weighted by atomic mass is 16.6. The smallest absolute Gasteiger partial charge is 0.292 e. The Hall–Kier alpha value is -1.58. The average Bonchev–Trinajstić information content (AvgIpc) is 3.06. The highest BCUT2D eigenvalue weighted by molar-refractivity contribution is 5.64. The van der Waals surface area contributed by atoms with Crippen molar-refractivity contribution in [3.8, 4) is 0 Å². The molecule has 4 heteroatoms. The summed E-state index contributed by atoms with van der Waals surface area (Å²) in [5, 5.41) is 14.4. The molecular formula is C14H20N2O2. The summed E-state index contributed by atoms with van der Waals surface area (Å²) in [4.78, 5) is 10.8. The lowest BCUT2D eigenvalue weighted by Crippen LogP contribution is -2.17. The van der Waals surface area contributed by atoms with E-state index in [-0.39, 0.29) is 10.6 Å². The van der Waals surface area contributed by atoms with Crippen LogP contribution in [0, 0.1) is 29.9 Å². The third-order valence-electron chi connectivity index (χ3n) is 3.59. The second-order valence-electron chi connectivity index (χ2n) is 5.44. The van der Waals surface area contributed by atoms with E-state index in [4.69, 9.17) is 0 Å².